The van der Waals surface area contributed by atoms with Gasteiger partial charge >= 0.3 is 0 Å². The average Bonchev–Trinajstić information content (AvgIpc) is 3.66. The van der Waals surface area contributed by atoms with Crippen molar-refractivity contribution in [3.8, 4) is 45.6 Å². The maximum absolute atomic E-state index is 12.4. The third-order valence-electron chi connectivity index (χ3n) is 13.0. The molecule has 11 heteroatoms. The van der Waals surface area contributed by atoms with E-state index in [1.807, 2.05) is 25.1 Å². The van der Waals surface area contributed by atoms with E-state index in [4.69, 9.17) is 23.7 Å². The van der Waals surface area contributed by atoms with Gasteiger partial charge in [0.05, 0.1) is 45.7 Å². The van der Waals surface area contributed by atoms with Crippen molar-refractivity contribution in [1.82, 2.24) is 5.32 Å². The van der Waals surface area contributed by atoms with Gasteiger partial charge in [-0.1, -0.05) is 49.8 Å². The molecule has 1 fully saturated rings. The number of anilines is 1. The zero-order valence-electron chi connectivity index (χ0n) is 32.1. The fraction of sp³-hybridized carbons (Fsp3) is 0.422. The number of hydrogen-bond acceptors (Lipinski definition) is 11. The summed E-state index contributed by atoms with van der Waals surface area (Å²) in [7, 11) is 3.13. The summed E-state index contributed by atoms with van der Waals surface area (Å²) < 4.78 is 30.6. The zero-order chi connectivity index (χ0) is 38.7. The molecule has 1 saturated carbocycles. The predicted molar refractivity (Wildman–Crippen MR) is 212 cm³/mol. The average molecular weight is 763 g/mol. The van der Waals surface area contributed by atoms with Crippen LogP contribution < -0.4 is 34.3 Å². The van der Waals surface area contributed by atoms with E-state index in [9.17, 15) is 20.4 Å². The number of ether oxygens (including phenoxy) is 5. The quantitative estimate of drug-likeness (QED) is 0.0694. The first-order valence-electron chi connectivity index (χ1n) is 19.8. The van der Waals surface area contributed by atoms with Gasteiger partial charge < -0.3 is 49.4 Å². The van der Waals surface area contributed by atoms with Crippen LogP contribution in [0.25, 0.3) is 17.2 Å². The van der Waals surface area contributed by atoms with Crippen LogP contribution in [0.15, 0.2) is 54.6 Å². The van der Waals surface area contributed by atoms with E-state index in [2.05, 4.69) is 41.0 Å². The van der Waals surface area contributed by atoms with E-state index in [0.717, 1.165) is 53.7 Å². The molecule has 0 spiro atoms. The van der Waals surface area contributed by atoms with Gasteiger partial charge in [-0.15, -0.1) is 0 Å². The molecule has 6 N–H and O–H groups in total. The van der Waals surface area contributed by atoms with Crippen molar-refractivity contribution in [2.45, 2.75) is 62.7 Å². The summed E-state index contributed by atoms with van der Waals surface area (Å²) in [6, 6.07) is 15.6. The number of aliphatic hydroxyl groups is 3. The van der Waals surface area contributed by atoms with Crippen LogP contribution in [-0.4, -0.2) is 67.7 Å². The molecular weight excluding hydrogens is 712 g/mol. The molecule has 0 amide bonds. The lowest BCUT2D eigenvalue weighted by atomic mass is 9.61. The highest BCUT2D eigenvalue weighted by molar-refractivity contribution is 5.93. The summed E-state index contributed by atoms with van der Waals surface area (Å²) in [5, 5.41) is 52.5. The molecule has 0 radical (unpaired) electrons. The minimum absolute atomic E-state index is 0.0683. The van der Waals surface area contributed by atoms with Crippen molar-refractivity contribution < 1.29 is 44.1 Å². The Bertz CT molecular complexity index is 2200. The van der Waals surface area contributed by atoms with Gasteiger partial charge in [-0.05, 0) is 72.5 Å². The first kappa shape index (κ1) is 36.7. The second-order valence-corrected chi connectivity index (χ2v) is 15.6. The zero-order valence-corrected chi connectivity index (χ0v) is 32.1. The van der Waals surface area contributed by atoms with Crippen LogP contribution in [0.5, 0.6) is 34.5 Å². The minimum Gasteiger partial charge on any atom is -0.502 e. The number of nitrogens with one attached hydrogen (secondary N) is 2. The molecule has 3 aliphatic carbocycles. The standard InChI is InChI=1S/C45H50N2O9/c1-4-46-23-56-35-19-33(52-2)28-13-14-29-38-32(47-44(51)41(35)40(28)38)18-34-39(29)42(49)30(22-55-34)25-16-36(53-3)43(50)37(17-25)54-21-27(20-48)45-15-7-9-26(45)12-11-24-8-5-6-10-31(24)45/h5-6,8,10-12,16-19,26-27,30,42,44,46-51H,4,7,9,13-15,20-23H2,1-3H3. The number of phenols is 1. The van der Waals surface area contributed by atoms with Crippen molar-refractivity contribution in [3.05, 3.63) is 93.6 Å². The fourth-order valence-corrected chi connectivity index (χ4v) is 10.4. The Morgan fingerprint density at radius 1 is 0.946 bits per heavy atom. The molecule has 0 aromatic heterocycles. The van der Waals surface area contributed by atoms with E-state index >= 15 is 0 Å². The van der Waals surface area contributed by atoms with Gasteiger partial charge in [-0.25, -0.2) is 0 Å². The molecule has 4 aromatic carbocycles. The van der Waals surface area contributed by atoms with Gasteiger partial charge in [-0.3, -0.25) is 5.32 Å². The number of fused-ring (bicyclic) bond motifs is 5. The molecule has 4 aromatic rings. The SMILES string of the molecule is CCNCOc1cc(OC)c2c3c1C(O)Nc1cc4c(c(c1-3)CC2)C(O)C(c1cc(OC)c(O)c(OCC(CO)C23CCCC2C=Cc2ccccc23)c1)CO4. The van der Waals surface area contributed by atoms with Crippen LogP contribution in [0.2, 0.25) is 0 Å². The normalized spacial score (nSPS) is 24.1. The molecule has 56 heavy (non-hydrogen) atoms. The number of benzene rings is 4. The lowest BCUT2D eigenvalue weighted by Crippen LogP contribution is -2.44. The summed E-state index contributed by atoms with van der Waals surface area (Å²) in [4.78, 5) is 0. The minimum atomic E-state index is -1.03. The molecule has 5 aliphatic rings. The van der Waals surface area contributed by atoms with Gasteiger partial charge in [0.15, 0.2) is 17.7 Å². The highest BCUT2D eigenvalue weighted by Gasteiger charge is 2.51. The molecule has 6 atom stereocenters. The van der Waals surface area contributed by atoms with Crippen molar-refractivity contribution in [2.75, 3.05) is 52.6 Å². The fourth-order valence-electron chi connectivity index (χ4n) is 10.4. The molecule has 294 valence electrons. The van der Waals surface area contributed by atoms with Crippen LogP contribution in [0.1, 0.15) is 83.4 Å². The monoisotopic (exact) mass is 762 g/mol. The number of aliphatic hydroxyl groups excluding tert-OH is 3. The number of methoxy groups -OCH3 is 2. The highest BCUT2D eigenvalue weighted by atomic mass is 16.5. The molecule has 0 saturated heterocycles. The number of phenolic OH excluding ortho intramolecular Hbond substituents is 1. The predicted octanol–water partition coefficient (Wildman–Crippen LogP) is 6.50. The van der Waals surface area contributed by atoms with E-state index in [1.165, 1.54) is 18.2 Å². The topological polar surface area (TPSA) is 151 Å². The van der Waals surface area contributed by atoms with E-state index in [-0.39, 0.29) is 61.1 Å². The summed E-state index contributed by atoms with van der Waals surface area (Å²) in [6.07, 6.45) is 6.79. The van der Waals surface area contributed by atoms with Crippen LogP contribution >= 0.6 is 0 Å². The molecule has 9 rings (SSSR count). The van der Waals surface area contributed by atoms with Gasteiger partial charge in [0.25, 0.3) is 0 Å². The van der Waals surface area contributed by atoms with E-state index in [1.54, 1.807) is 19.2 Å². The molecule has 2 aliphatic heterocycles. The lowest BCUT2D eigenvalue weighted by molar-refractivity contribution is 0.0793. The summed E-state index contributed by atoms with van der Waals surface area (Å²) in [6.45, 7) is 3.27. The first-order valence-corrected chi connectivity index (χ1v) is 19.8. The van der Waals surface area contributed by atoms with Gasteiger partial charge in [-0.2, -0.15) is 0 Å². The van der Waals surface area contributed by atoms with Gasteiger partial charge in [0, 0.05) is 57.3 Å². The Morgan fingerprint density at radius 2 is 1.75 bits per heavy atom. The van der Waals surface area contributed by atoms with E-state index in [0.29, 0.717) is 46.8 Å². The van der Waals surface area contributed by atoms with Crippen LogP contribution in [0.4, 0.5) is 5.69 Å². The van der Waals surface area contributed by atoms with Crippen LogP contribution in [0.3, 0.4) is 0 Å². The molecule has 2 heterocycles. The molecular formula is C45H50N2O9. The summed E-state index contributed by atoms with van der Waals surface area (Å²) in [5.41, 5.74) is 8.55. The Balaban J connectivity index is 1.06. The third kappa shape index (κ3) is 5.62. The maximum atomic E-state index is 12.4. The van der Waals surface area contributed by atoms with Crippen molar-refractivity contribution in [2.24, 2.45) is 11.8 Å². The summed E-state index contributed by atoms with van der Waals surface area (Å²) in [5.74, 6) is 1.61. The third-order valence-corrected chi connectivity index (χ3v) is 13.0. The smallest absolute Gasteiger partial charge is 0.200 e. The van der Waals surface area contributed by atoms with Gasteiger partial charge in [0.1, 0.15) is 24.0 Å². The number of hydrogen-bond donors (Lipinski definition) is 6. The Kier molecular flexibility index (Phi) is 9.52. The van der Waals surface area contributed by atoms with E-state index < -0.39 is 18.2 Å². The van der Waals surface area contributed by atoms with Crippen LogP contribution in [0, 0.1) is 11.8 Å². The van der Waals surface area contributed by atoms with Gasteiger partial charge in [0.2, 0.25) is 5.75 Å². The number of aromatic hydroxyl groups is 1. The molecule has 0 bridgehead atoms. The van der Waals surface area contributed by atoms with Crippen molar-refractivity contribution in [1.29, 1.82) is 0 Å². The van der Waals surface area contributed by atoms with Crippen LogP contribution in [-0.2, 0) is 18.3 Å². The second kappa shape index (κ2) is 14.5. The Labute approximate surface area is 326 Å². The molecule has 11 nitrogen and oxygen atoms in total. The second-order valence-electron chi connectivity index (χ2n) is 15.6. The lowest BCUT2D eigenvalue weighted by Gasteiger charge is -2.44. The summed E-state index contributed by atoms with van der Waals surface area (Å²) >= 11 is 0. The molecule has 6 unspecified atom stereocenters. The number of allylic oxidation sites excluding steroid dienone is 1. The van der Waals surface area contributed by atoms with Crippen molar-refractivity contribution in [3.63, 3.8) is 0 Å². The van der Waals surface area contributed by atoms with Crippen molar-refractivity contribution >= 4 is 11.8 Å². The largest absolute Gasteiger partial charge is 0.502 e. The highest BCUT2D eigenvalue weighted by Crippen LogP contribution is 2.58. The Hall–Kier alpha value is -4.94. The number of rotatable bonds is 12. The maximum Gasteiger partial charge on any atom is 0.200 e. The Morgan fingerprint density at radius 3 is 2.55 bits per heavy atom. The first-order chi connectivity index (χ1) is 27.3.